The molecule has 0 spiro atoms. The zero-order valence-corrected chi connectivity index (χ0v) is 12.4. The van der Waals surface area contributed by atoms with Crippen LogP contribution in [0.3, 0.4) is 0 Å². The monoisotopic (exact) mass is 281 g/mol. The molecule has 1 aromatic rings. The Balaban J connectivity index is 1.87. The summed E-state index contributed by atoms with van der Waals surface area (Å²) in [7, 11) is 0. The summed E-state index contributed by atoms with van der Waals surface area (Å²) in [6.07, 6.45) is 5.77. The van der Waals surface area contributed by atoms with Crippen molar-refractivity contribution in [2.75, 3.05) is 6.54 Å². The Morgan fingerprint density at radius 3 is 2.74 bits per heavy atom. The molecular weight excluding hydrogens is 258 g/mol. The largest absolute Gasteiger partial charge is 0.390 e. The molecule has 0 aromatic heterocycles. The van der Waals surface area contributed by atoms with Gasteiger partial charge in [0.2, 0.25) is 0 Å². The van der Waals surface area contributed by atoms with Crippen LogP contribution in [0.2, 0.25) is 5.02 Å². The molecule has 1 saturated carbocycles. The molecule has 3 heteroatoms. The first kappa shape index (κ1) is 14.8. The first-order valence-electron chi connectivity index (χ1n) is 7.31. The molecular formula is C16H24ClNO. The lowest BCUT2D eigenvalue weighted by Crippen LogP contribution is -2.42. The second-order valence-corrected chi connectivity index (χ2v) is 6.20. The lowest BCUT2D eigenvalue weighted by molar-refractivity contribution is -0.00305. The molecule has 0 radical (unpaired) electrons. The molecule has 0 aliphatic heterocycles. The zero-order chi connectivity index (χ0) is 13.7. The number of rotatable bonds is 5. The van der Waals surface area contributed by atoms with Crippen molar-refractivity contribution in [2.24, 2.45) is 0 Å². The smallest absolute Gasteiger partial charge is 0.0689 e. The Hall–Kier alpha value is -0.570. The molecule has 106 valence electrons. The molecule has 1 aromatic carbocycles. The fourth-order valence-electron chi connectivity index (χ4n) is 2.91. The van der Waals surface area contributed by atoms with Crippen LogP contribution in [0.5, 0.6) is 0 Å². The van der Waals surface area contributed by atoms with E-state index in [1.54, 1.807) is 0 Å². The van der Waals surface area contributed by atoms with E-state index in [1.165, 1.54) is 6.42 Å². The van der Waals surface area contributed by atoms with Crippen LogP contribution in [-0.4, -0.2) is 23.3 Å². The fraction of sp³-hybridized carbons (Fsp3) is 0.625. The third-order valence-corrected chi connectivity index (χ3v) is 4.26. The Morgan fingerprint density at radius 2 is 2.11 bits per heavy atom. The van der Waals surface area contributed by atoms with Gasteiger partial charge in [-0.2, -0.15) is 0 Å². The summed E-state index contributed by atoms with van der Waals surface area (Å²) >= 11 is 6.00. The average Bonchev–Trinajstić information content (AvgIpc) is 2.38. The summed E-state index contributed by atoms with van der Waals surface area (Å²) in [5.74, 6) is 0. The van der Waals surface area contributed by atoms with Crippen molar-refractivity contribution in [3.05, 3.63) is 34.9 Å². The SMILES string of the molecule is CCCNC1CCC(O)(Cc2cccc(Cl)c2)CC1. The average molecular weight is 282 g/mol. The van der Waals surface area contributed by atoms with Gasteiger partial charge in [-0.3, -0.25) is 0 Å². The molecule has 0 heterocycles. The third-order valence-electron chi connectivity index (χ3n) is 4.02. The van der Waals surface area contributed by atoms with Crippen molar-refractivity contribution in [1.29, 1.82) is 0 Å². The molecule has 0 amide bonds. The molecule has 2 rings (SSSR count). The van der Waals surface area contributed by atoms with Crippen molar-refractivity contribution in [3.8, 4) is 0 Å². The van der Waals surface area contributed by atoms with Crippen molar-refractivity contribution in [3.63, 3.8) is 0 Å². The highest BCUT2D eigenvalue weighted by molar-refractivity contribution is 6.30. The molecule has 0 atom stereocenters. The first-order chi connectivity index (χ1) is 9.11. The van der Waals surface area contributed by atoms with Crippen LogP contribution >= 0.6 is 11.6 Å². The van der Waals surface area contributed by atoms with Crippen LogP contribution in [-0.2, 0) is 6.42 Å². The summed E-state index contributed by atoms with van der Waals surface area (Å²) in [6, 6.07) is 8.42. The quantitative estimate of drug-likeness (QED) is 0.865. The van der Waals surface area contributed by atoms with E-state index in [1.807, 2.05) is 24.3 Å². The maximum absolute atomic E-state index is 10.7. The minimum Gasteiger partial charge on any atom is -0.390 e. The van der Waals surface area contributed by atoms with Gasteiger partial charge >= 0.3 is 0 Å². The Morgan fingerprint density at radius 1 is 1.37 bits per heavy atom. The predicted octanol–water partition coefficient (Wildman–Crippen LogP) is 3.56. The van der Waals surface area contributed by atoms with E-state index in [4.69, 9.17) is 11.6 Å². The summed E-state index contributed by atoms with van der Waals surface area (Å²) in [6.45, 7) is 3.27. The van der Waals surface area contributed by atoms with Crippen LogP contribution in [0.4, 0.5) is 0 Å². The minimum absolute atomic E-state index is 0.547. The topological polar surface area (TPSA) is 32.3 Å². The summed E-state index contributed by atoms with van der Waals surface area (Å²) < 4.78 is 0. The van der Waals surface area contributed by atoms with Gasteiger partial charge in [0, 0.05) is 17.5 Å². The van der Waals surface area contributed by atoms with Crippen LogP contribution in [0.15, 0.2) is 24.3 Å². The van der Waals surface area contributed by atoms with Crippen molar-refractivity contribution in [1.82, 2.24) is 5.32 Å². The number of aliphatic hydroxyl groups is 1. The molecule has 2 nitrogen and oxygen atoms in total. The fourth-order valence-corrected chi connectivity index (χ4v) is 3.12. The predicted molar refractivity (Wildman–Crippen MR) is 80.7 cm³/mol. The molecule has 1 aliphatic rings. The highest BCUT2D eigenvalue weighted by Crippen LogP contribution is 2.32. The zero-order valence-electron chi connectivity index (χ0n) is 11.7. The van der Waals surface area contributed by atoms with E-state index in [0.29, 0.717) is 12.5 Å². The lowest BCUT2D eigenvalue weighted by Gasteiger charge is -2.36. The van der Waals surface area contributed by atoms with E-state index >= 15 is 0 Å². The summed E-state index contributed by atoms with van der Waals surface area (Å²) in [5.41, 5.74) is 0.588. The van der Waals surface area contributed by atoms with Crippen LogP contribution in [0.25, 0.3) is 0 Å². The van der Waals surface area contributed by atoms with E-state index in [0.717, 1.165) is 42.8 Å². The van der Waals surface area contributed by atoms with Gasteiger partial charge in [-0.1, -0.05) is 30.7 Å². The van der Waals surface area contributed by atoms with Crippen LogP contribution < -0.4 is 5.32 Å². The summed E-state index contributed by atoms with van der Waals surface area (Å²) in [4.78, 5) is 0. The number of benzene rings is 1. The van der Waals surface area contributed by atoms with E-state index in [-0.39, 0.29) is 0 Å². The van der Waals surface area contributed by atoms with Crippen LogP contribution in [0.1, 0.15) is 44.6 Å². The standard InChI is InChI=1S/C16H24ClNO/c1-2-10-18-15-6-8-16(19,9-7-15)12-13-4-3-5-14(17)11-13/h3-5,11,15,18-19H,2,6-10,12H2,1H3. The van der Waals surface area contributed by atoms with E-state index in [9.17, 15) is 5.11 Å². The minimum atomic E-state index is -0.547. The van der Waals surface area contributed by atoms with Gasteiger partial charge in [0.25, 0.3) is 0 Å². The Kier molecular flexibility index (Phi) is 5.26. The molecule has 2 N–H and O–H groups in total. The van der Waals surface area contributed by atoms with E-state index in [2.05, 4.69) is 12.2 Å². The second kappa shape index (κ2) is 6.74. The molecule has 1 fully saturated rings. The van der Waals surface area contributed by atoms with Gasteiger partial charge in [-0.25, -0.2) is 0 Å². The molecule has 19 heavy (non-hydrogen) atoms. The first-order valence-corrected chi connectivity index (χ1v) is 7.69. The number of hydrogen-bond donors (Lipinski definition) is 2. The number of hydrogen-bond acceptors (Lipinski definition) is 2. The third kappa shape index (κ3) is 4.48. The van der Waals surface area contributed by atoms with E-state index < -0.39 is 5.60 Å². The van der Waals surface area contributed by atoms with Crippen molar-refractivity contribution >= 4 is 11.6 Å². The lowest BCUT2D eigenvalue weighted by atomic mass is 9.78. The van der Waals surface area contributed by atoms with Crippen molar-refractivity contribution < 1.29 is 5.11 Å². The summed E-state index contributed by atoms with van der Waals surface area (Å²) in [5, 5.41) is 15.0. The van der Waals surface area contributed by atoms with Gasteiger partial charge in [0.1, 0.15) is 0 Å². The maximum Gasteiger partial charge on any atom is 0.0689 e. The molecule has 1 aliphatic carbocycles. The van der Waals surface area contributed by atoms with Gasteiger partial charge in [-0.05, 0) is 56.3 Å². The van der Waals surface area contributed by atoms with Crippen molar-refractivity contribution in [2.45, 2.75) is 57.1 Å². The Bertz CT molecular complexity index is 399. The highest BCUT2D eigenvalue weighted by Gasteiger charge is 2.32. The van der Waals surface area contributed by atoms with Gasteiger partial charge in [0.05, 0.1) is 5.60 Å². The molecule has 0 unspecified atom stereocenters. The molecule has 0 bridgehead atoms. The van der Waals surface area contributed by atoms with Gasteiger partial charge in [0.15, 0.2) is 0 Å². The van der Waals surface area contributed by atoms with Gasteiger partial charge in [-0.15, -0.1) is 0 Å². The maximum atomic E-state index is 10.7. The Labute approximate surface area is 121 Å². The molecule has 0 saturated heterocycles. The second-order valence-electron chi connectivity index (χ2n) is 5.76. The van der Waals surface area contributed by atoms with Gasteiger partial charge < -0.3 is 10.4 Å². The normalized spacial score (nSPS) is 27.4. The number of nitrogens with one attached hydrogen (secondary N) is 1. The highest BCUT2D eigenvalue weighted by atomic mass is 35.5. The van der Waals surface area contributed by atoms with Crippen LogP contribution in [0, 0.1) is 0 Å². The number of halogens is 1.